The highest BCUT2D eigenvalue weighted by Crippen LogP contribution is 2.39. The smallest absolute Gasteiger partial charge is 0.317 e. The van der Waals surface area contributed by atoms with Gasteiger partial charge in [0.05, 0.1) is 33.4 Å². The van der Waals surface area contributed by atoms with Gasteiger partial charge < -0.3 is 29.5 Å². The van der Waals surface area contributed by atoms with Crippen LogP contribution >= 0.6 is 0 Å². The highest BCUT2D eigenvalue weighted by molar-refractivity contribution is 5.75. The fourth-order valence-corrected chi connectivity index (χ4v) is 3.35. The number of aliphatic hydroxyl groups excluding tert-OH is 1. The zero-order valence-corrected chi connectivity index (χ0v) is 14.1. The number of fused-ring (bicyclic) bond motifs is 1. The molecule has 1 aromatic rings. The van der Waals surface area contributed by atoms with E-state index in [2.05, 4.69) is 5.32 Å². The molecule has 24 heavy (non-hydrogen) atoms. The van der Waals surface area contributed by atoms with Crippen LogP contribution < -0.4 is 14.8 Å². The van der Waals surface area contributed by atoms with Crippen LogP contribution in [0.3, 0.4) is 0 Å². The van der Waals surface area contributed by atoms with Crippen molar-refractivity contribution in [3.63, 3.8) is 0 Å². The minimum absolute atomic E-state index is 0.0885. The van der Waals surface area contributed by atoms with Gasteiger partial charge in [0.25, 0.3) is 0 Å². The number of aliphatic hydroxyl groups is 1. The molecule has 132 valence electrons. The van der Waals surface area contributed by atoms with E-state index in [1.54, 1.807) is 31.3 Å². The molecule has 2 atom stereocenters. The molecule has 0 radical (unpaired) electrons. The molecule has 1 saturated heterocycles. The second-order valence-corrected chi connectivity index (χ2v) is 6.08. The van der Waals surface area contributed by atoms with Crippen LogP contribution in [0.5, 0.6) is 11.5 Å². The van der Waals surface area contributed by atoms with Crippen LogP contribution in [0.15, 0.2) is 12.1 Å². The minimum atomic E-state index is -0.813. The Morgan fingerprint density at radius 1 is 1.38 bits per heavy atom. The third kappa shape index (κ3) is 3.27. The second kappa shape index (κ2) is 7.27. The molecule has 0 spiro atoms. The molecule has 2 N–H and O–H groups in total. The molecule has 7 heteroatoms. The number of rotatable bonds is 4. The summed E-state index contributed by atoms with van der Waals surface area (Å²) in [5.74, 6) is 1.25. The van der Waals surface area contributed by atoms with Gasteiger partial charge in [0.15, 0.2) is 0 Å². The van der Waals surface area contributed by atoms with E-state index in [4.69, 9.17) is 14.2 Å². The molecule has 1 fully saturated rings. The van der Waals surface area contributed by atoms with Crippen LogP contribution in [0.4, 0.5) is 4.79 Å². The van der Waals surface area contributed by atoms with Gasteiger partial charge in [-0.05, 0) is 25.0 Å². The van der Waals surface area contributed by atoms with E-state index >= 15 is 0 Å². The van der Waals surface area contributed by atoms with E-state index in [0.29, 0.717) is 30.2 Å². The number of urea groups is 1. The maximum absolute atomic E-state index is 12.4. The summed E-state index contributed by atoms with van der Waals surface area (Å²) in [4.78, 5) is 14.0. The molecule has 0 bridgehead atoms. The maximum atomic E-state index is 12.4. The van der Waals surface area contributed by atoms with E-state index in [1.165, 1.54) is 0 Å². The number of methoxy groups -OCH3 is 2. The molecule has 0 unspecified atom stereocenters. The quantitative estimate of drug-likeness (QED) is 0.870. The number of ether oxygens (including phenoxy) is 3. The summed E-state index contributed by atoms with van der Waals surface area (Å²) in [7, 11) is 3.14. The number of nitrogens with one attached hydrogen (secondary N) is 1. The molecule has 2 heterocycles. The number of carbonyl (C=O) groups excluding carboxylic acids is 1. The topological polar surface area (TPSA) is 80.3 Å². The molecular formula is C17H24N2O5. The second-order valence-electron chi connectivity index (χ2n) is 6.08. The number of carbonyl (C=O) groups is 1. The van der Waals surface area contributed by atoms with Gasteiger partial charge in [-0.25, -0.2) is 4.79 Å². The molecule has 0 saturated carbocycles. The molecule has 2 aliphatic heterocycles. The van der Waals surface area contributed by atoms with Crippen LogP contribution in [0.25, 0.3) is 0 Å². The van der Waals surface area contributed by atoms with E-state index in [-0.39, 0.29) is 18.7 Å². The Morgan fingerprint density at radius 3 is 2.79 bits per heavy atom. The van der Waals surface area contributed by atoms with Crippen molar-refractivity contribution < 1.29 is 24.1 Å². The van der Waals surface area contributed by atoms with Crippen LogP contribution in [-0.4, -0.2) is 56.1 Å². The third-order valence-electron chi connectivity index (χ3n) is 4.58. The van der Waals surface area contributed by atoms with Crippen molar-refractivity contribution in [1.82, 2.24) is 10.2 Å². The van der Waals surface area contributed by atoms with Crippen LogP contribution in [-0.2, 0) is 11.3 Å². The van der Waals surface area contributed by atoms with Gasteiger partial charge in [-0.2, -0.15) is 0 Å². The summed E-state index contributed by atoms with van der Waals surface area (Å²) in [6.07, 6.45) is 1.28. The average molecular weight is 336 g/mol. The number of amides is 2. The van der Waals surface area contributed by atoms with Crippen molar-refractivity contribution in [3.05, 3.63) is 23.3 Å². The predicted octanol–water partition coefficient (Wildman–Crippen LogP) is 1.44. The highest BCUT2D eigenvalue weighted by atomic mass is 16.5. The molecule has 7 nitrogen and oxygen atoms in total. The molecule has 0 aliphatic carbocycles. The standard InChI is InChI=1S/C17H24N2O5/c1-22-14-5-6-15(23-2)16-12(14)9-19(10-13(16)20)17(21)18-8-11-4-3-7-24-11/h5-6,11,13,20H,3-4,7-10H2,1-2H3,(H,18,21)/t11-,13+/m0/s1. The van der Waals surface area contributed by atoms with Crippen LogP contribution in [0.1, 0.15) is 30.1 Å². The molecule has 2 amide bonds. The Balaban J connectivity index is 1.74. The van der Waals surface area contributed by atoms with E-state index < -0.39 is 6.10 Å². The Morgan fingerprint density at radius 2 is 2.12 bits per heavy atom. The first-order valence-electron chi connectivity index (χ1n) is 8.20. The molecule has 0 aromatic heterocycles. The fraction of sp³-hybridized carbons (Fsp3) is 0.588. The summed E-state index contributed by atoms with van der Waals surface area (Å²) in [6.45, 7) is 1.83. The maximum Gasteiger partial charge on any atom is 0.317 e. The van der Waals surface area contributed by atoms with Crippen molar-refractivity contribution in [2.45, 2.75) is 31.6 Å². The summed E-state index contributed by atoms with van der Waals surface area (Å²) in [5, 5.41) is 13.4. The summed E-state index contributed by atoms with van der Waals surface area (Å²) in [6, 6.07) is 3.35. The summed E-state index contributed by atoms with van der Waals surface area (Å²) in [5.41, 5.74) is 1.47. The van der Waals surface area contributed by atoms with Gasteiger partial charge in [0.2, 0.25) is 0 Å². The van der Waals surface area contributed by atoms with Crippen LogP contribution in [0, 0.1) is 0 Å². The van der Waals surface area contributed by atoms with Gasteiger partial charge in [-0.15, -0.1) is 0 Å². The lowest BCUT2D eigenvalue weighted by Gasteiger charge is -2.34. The lowest BCUT2D eigenvalue weighted by molar-refractivity contribution is 0.0917. The van der Waals surface area contributed by atoms with Gasteiger partial charge in [0, 0.05) is 24.3 Å². The molecular weight excluding hydrogens is 312 g/mol. The zero-order chi connectivity index (χ0) is 17.1. The monoisotopic (exact) mass is 336 g/mol. The normalized spacial score (nSPS) is 22.9. The third-order valence-corrected chi connectivity index (χ3v) is 4.58. The number of β-amino-alcohol motifs (C(OH)–C–C–N with tert-alkyl or cyclic N) is 1. The van der Waals surface area contributed by atoms with E-state index in [0.717, 1.165) is 25.0 Å². The van der Waals surface area contributed by atoms with Crippen molar-refractivity contribution >= 4 is 6.03 Å². The van der Waals surface area contributed by atoms with Crippen LogP contribution in [0.2, 0.25) is 0 Å². The van der Waals surface area contributed by atoms with Crippen molar-refractivity contribution in [2.24, 2.45) is 0 Å². The Bertz CT molecular complexity index is 601. The summed E-state index contributed by atoms with van der Waals surface area (Å²) < 4.78 is 16.2. The fourth-order valence-electron chi connectivity index (χ4n) is 3.35. The zero-order valence-electron chi connectivity index (χ0n) is 14.1. The Kier molecular flexibility index (Phi) is 5.11. The molecule has 2 aliphatic rings. The first kappa shape index (κ1) is 16.9. The highest BCUT2D eigenvalue weighted by Gasteiger charge is 2.32. The van der Waals surface area contributed by atoms with E-state index in [1.807, 2.05) is 0 Å². The lowest BCUT2D eigenvalue weighted by atomic mass is 9.95. The Hall–Kier alpha value is -1.99. The molecule has 1 aromatic carbocycles. The van der Waals surface area contributed by atoms with Gasteiger partial charge in [-0.1, -0.05) is 0 Å². The first-order chi connectivity index (χ1) is 11.6. The minimum Gasteiger partial charge on any atom is -0.496 e. The predicted molar refractivity (Wildman–Crippen MR) is 87.3 cm³/mol. The SMILES string of the molecule is COc1ccc(OC)c2c1CN(C(=O)NC[C@@H]1CCCO1)C[C@H]2O. The average Bonchev–Trinajstić information content (AvgIpc) is 3.12. The number of hydrogen-bond acceptors (Lipinski definition) is 5. The lowest BCUT2D eigenvalue weighted by Crippen LogP contribution is -2.46. The number of hydrogen-bond donors (Lipinski definition) is 2. The Labute approximate surface area is 141 Å². The van der Waals surface area contributed by atoms with Gasteiger partial charge >= 0.3 is 6.03 Å². The van der Waals surface area contributed by atoms with E-state index in [9.17, 15) is 9.90 Å². The van der Waals surface area contributed by atoms with Crippen molar-refractivity contribution in [1.29, 1.82) is 0 Å². The van der Waals surface area contributed by atoms with Gasteiger partial charge in [-0.3, -0.25) is 0 Å². The first-order valence-corrected chi connectivity index (χ1v) is 8.20. The largest absolute Gasteiger partial charge is 0.496 e. The number of nitrogens with zero attached hydrogens (tertiary/aromatic N) is 1. The van der Waals surface area contributed by atoms with Crippen molar-refractivity contribution in [2.75, 3.05) is 33.9 Å². The summed E-state index contributed by atoms with van der Waals surface area (Å²) >= 11 is 0. The van der Waals surface area contributed by atoms with Crippen molar-refractivity contribution in [3.8, 4) is 11.5 Å². The molecule has 3 rings (SSSR count). The number of benzene rings is 1. The van der Waals surface area contributed by atoms with Gasteiger partial charge in [0.1, 0.15) is 17.6 Å².